The molecule has 0 saturated heterocycles. The first-order valence-corrected chi connectivity index (χ1v) is 5.67. The summed E-state index contributed by atoms with van der Waals surface area (Å²) in [4.78, 5) is 10.1. The van der Waals surface area contributed by atoms with Gasteiger partial charge in [0.05, 0.1) is 0 Å². The summed E-state index contributed by atoms with van der Waals surface area (Å²) in [7, 11) is 0. The highest BCUT2D eigenvalue weighted by Crippen LogP contribution is 2.08. The zero-order chi connectivity index (χ0) is 11.5. The third kappa shape index (κ3) is 12.9. The SMILES string of the molecule is CC(C)CCCC/C=C\C/C=C\C(=O)O. The van der Waals surface area contributed by atoms with Gasteiger partial charge in [0.15, 0.2) is 0 Å². The van der Waals surface area contributed by atoms with E-state index in [1.165, 1.54) is 25.3 Å². The van der Waals surface area contributed by atoms with E-state index in [0.29, 0.717) is 0 Å². The molecule has 0 rings (SSSR count). The summed E-state index contributed by atoms with van der Waals surface area (Å²) in [5.41, 5.74) is 0. The smallest absolute Gasteiger partial charge is 0.327 e. The van der Waals surface area contributed by atoms with Crippen LogP contribution in [0.15, 0.2) is 24.3 Å². The minimum absolute atomic E-state index is 0.719. The van der Waals surface area contributed by atoms with Crippen molar-refractivity contribution < 1.29 is 9.90 Å². The van der Waals surface area contributed by atoms with Crippen LogP contribution in [-0.4, -0.2) is 11.1 Å². The normalized spacial score (nSPS) is 11.9. The van der Waals surface area contributed by atoms with Crippen molar-refractivity contribution in [3.8, 4) is 0 Å². The summed E-state index contributed by atoms with van der Waals surface area (Å²) in [5, 5.41) is 8.33. The molecule has 0 unspecified atom stereocenters. The average molecular weight is 210 g/mol. The lowest BCUT2D eigenvalue weighted by Gasteiger charge is -2.01. The zero-order valence-corrected chi connectivity index (χ0v) is 9.78. The molecule has 0 saturated carbocycles. The third-order valence-corrected chi connectivity index (χ3v) is 2.10. The lowest BCUT2D eigenvalue weighted by atomic mass is 10.1. The molecule has 0 bridgehead atoms. The van der Waals surface area contributed by atoms with Gasteiger partial charge in [0, 0.05) is 6.08 Å². The van der Waals surface area contributed by atoms with Crippen molar-refractivity contribution in [2.24, 2.45) is 5.92 Å². The Kier molecular flexibility index (Phi) is 8.84. The van der Waals surface area contributed by atoms with Gasteiger partial charge in [-0.2, -0.15) is 0 Å². The molecule has 1 N–H and O–H groups in total. The van der Waals surface area contributed by atoms with Crippen molar-refractivity contribution in [3.63, 3.8) is 0 Å². The van der Waals surface area contributed by atoms with E-state index >= 15 is 0 Å². The summed E-state index contributed by atoms with van der Waals surface area (Å²) in [6, 6.07) is 0. The van der Waals surface area contributed by atoms with Gasteiger partial charge in [-0.1, -0.05) is 44.9 Å². The number of aliphatic carboxylic acids is 1. The van der Waals surface area contributed by atoms with E-state index in [9.17, 15) is 4.79 Å². The second kappa shape index (κ2) is 9.50. The molecular formula is C13H22O2. The number of carboxylic acids is 1. The fourth-order valence-corrected chi connectivity index (χ4v) is 1.28. The van der Waals surface area contributed by atoms with Gasteiger partial charge in [-0.25, -0.2) is 4.79 Å². The van der Waals surface area contributed by atoms with Crippen LogP contribution in [0.5, 0.6) is 0 Å². The lowest BCUT2D eigenvalue weighted by molar-refractivity contribution is -0.131. The molecule has 0 heterocycles. The maximum absolute atomic E-state index is 10.1. The molecule has 0 spiro atoms. The Labute approximate surface area is 92.7 Å². The number of rotatable bonds is 8. The van der Waals surface area contributed by atoms with Crippen LogP contribution in [0.4, 0.5) is 0 Å². The van der Waals surface area contributed by atoms with E-state index in [0.717, 1.165) is 18.8 Å². The number of carboxylic acid groups (broad SMARTS) is 1. The molecule has 2 nitrogen and oxygen atoms in total. The quantitative estimate of drug-likeness (QED) is 0.376. The molecule has 2 heteroatoms. The van der Waals surface area contributed by atoms with Crippen LogP contribution in [0.25, 0.3) is 0 Å². The monoisotopic (exact) mass is 210 g/mol. The Bertz CT molecular complexity index is 215. The van der Waals surface area contributed by atoms with E-state index in [1.54, 1.807) is 6.08 Å². The molecule has 0 aromatic heterocycles. The average Bonchev–Trinajstić information content (AvgIpc) is 2.14. The molecule has 0 atom stereocenters. The molecule has 0 aromatic rings. The van der Waals surface area contributed by atoms with E-state index in [4.69, 9.17) is 5.11 Å². The summed E-state index contributed by atoms with van der Waals surface area (Å²) in [5.74, 6) is -0.0761. The highest BCUT2D eigenvalue weighted by atomic mass is 16.4. The number of hydrogen-bond acceptors (Lipinski definition) is 1. The second-order valence-corrected chi connectivity index (χ2v) is 4.13. The Balaban J connectivity index is 3.28. The molecule has 0 fully saturated rings. The van der Waals surface area contributed by atoms with Crippen LogP contribution in [0, 0.1) is 5.92 Å². The molecule has 0 aromatic carbocycles. The molecule has 0 aliphatic carbocycles. The minimum Gasteiger partial charge on any atom is -0.478 e. The van der Waals surface area contributed by atoms with Crippen LogP contribution in [0.3, 0.4) is 0 Å². The summed E-state index contributed by atoms with van der Waals surface area (Å²) >= 11 is 0. The van der Waals surface area contributed by atoms with E-state index in [-0.39, 0.29) is 0 Å². The number of unbranched alkanes of at least 4 members (excludes halogenated alkanes) is 2. The highest BCUT2D eigenvalue weighted by molar-refractivity contribution is 5.79. The van der Waals surface area contributed by atoms with Crippen LogP contribution >= 0.6 is 0 Å². The number of hydrogen-bond donors (Lipinski definition) is 1. The van der Waals surface area contributed by atoms with Crippen molar-refractivity contribution in [2.45, 2.75) is 46.0 Å². The second-order valence-electron chi connectivity index (χ2n) is 4.13. The van der Waals surface area contributed by atoms with Gasteiger partial charge in [-0.15, -0.1) is 0 Å². The molecule has 0 radical (unpaired) electrons. The number of carbonyl (C=O) groups is 1. The van der Waals surface area contributed by atoms with Gasteiger partial charge in [0.1, 0.15) is 0 Å². The number of allylic oxidation sites excluding steroid dienone is 3. The lowest BCUT2D eigenvalue weighted by Crippen LogP contribution is -1.86. The summed E-state index contributed by atoms with van der Waals surface area (Å²) in [6.45, 7) is 4.49. The predicted molar refractivity (Wildman–Crippen MR) is 63.8 cm³/mol. The van der Waals surface area contributed by atoms with Crippen LogP contribution in [0.2, 0.25) is 0 Å². The highest BCUT2D eigenvalue weighted by Gasteiger charge is 1.91. The predicted octanol–water partition coefficient (Wildman–Crippen LogP) is 3.79. The Morgan fingerprint density at radius 3 is 2.53 bits per heavy atom. The largest absolute Gasteiger partial charge is 0.478 e. The zero-order valence-electron chi connectivity index (χ0n) is 9.78. The fourth-order valence-electron chi connectivity index (χ4n) is 1.28. The maximum atomic E-state index is 10.1. The van der Waals surface area contributed by atoms with Gasteiger partial charge in [0.2, 0.25) is 0 Å². The van der Waals surface area contributed by atoms with Gasteiger partial charge < -0.3 is 5.11 Å². The van der Waals surface area contributed by atoms with Crippen molar-refractivity contribution in [1.82, 2.24) is 0 Å². The first-order valence-electron chi connectivity index (χ1n) is 5.67. The van der Waals surface area contributed by atoms with Crippen molar-refractivity contribution in [2.75, 3.05) is 0 Å². The molecule has 0 aliphatic rings. The van der Waals surface area contributed by atoms with Gasteiger partial charge in [-0.3, -0.25) is 0 Å². The Morgan fingerprint density at radius 2 is 1.93 bits per heavy atom. The summed E-state index contributed by atoms with van der Waals surface area (Å²) < 4.78 is 0. The van der Waals surface area contributed by atoms with Gasteiger partial charge >= 0.3 is 5.97 Å². The van der Waals surface area contributed by atoms with Gasteiger partial charge in [-0.05, 0) is 25.2 Å². The maximum Gasteiger partial charge on any atom is 0.327 e. The molecule has 0 amide bonds. The van der Waals surface area contributed by atoms with E-state index < -0.39 is 5.97 Å². The topological polar surface area (TPSA) is 37.3 Å². The van der Waals surface area contributed by atoms with Crippen LogP contribution < -0.4 is 0 Å². The summed E-state index contributed by atoms with van der Waals surface area (Å²) in [6.07, 6.45) is 12.6. The minimum atomic E-state index is -0.875. The van der Waals surface area contributed by atoms with Crippen molar-refractivity contribution in [3.05, 3.63) is 24.3 Å². The first kappa shape index (κ1) is 13.9. The van der Waals surface area contributed by atoms with Gasteiger partial charge in [0.25, 0.3) is 0 Å². The fraction of sp³-hybridized carbons (Fsp3) is 0.615. The standard InChI is InChI=1S/C13H22O2/c1-12(2)10-8-6-4-3-5-7-9-11-13(14)15/h3,5,9,11-12H,4,6-8,10H2,1-2H3,(H,14,15)/b5-3-,11-9-. The Hall–Kier alpha value is -1.05. The molecule has 15 heavy (non-hydrogen) atoms. The van der Waals surface area contributed by atoms with E-state index in [1.807, 2.05) is 6.08 Å². The molecule has 0 aliphatic heterocycles. The molecular weight excluding hydrogens is 188 g/mol. The first-order chi connectivity index (χ1) is 7.13. The molecule has 86 valence electrons. The van der Waals surface area contributed by atoms with Crippen LogP contribution in [0.1, 0.15) is 46.0 Å². The Morgan fingerprint density at radius 1 is 1.20 bits per heavy atom. The van der Waals surface area contributed by atoms with E-state index in [2.05, 4.69) is 19.9 Å². The third-order valence-electron chi connectivity index (χ3n) is 2.10. The van der Waals surface area contributed by atoms with Crippen molar-refractivity contribution in [1.29, 1.82) is 0 Å². The van der Waals surface area contributed by atoms with Crippen LogP contribution in [-0.2, 0) is 4.79 Å². The van der Waals surface area contributed by atoms with Crippen molar-refractivity contribution >= 4 is 5.97 Å².